The Hall–Kier alpha value is -0.360. The molecule has 0 amide bonds. The first-order valence-electron chi connectivity index (χ1n) is 8.79. The Morgan fingerprint density at radius 3 is 2.32 bits per heavy atom. The van der Waals surface area contributed by atoms with Gasteiger partial charge in [0.05, 0.1) is 18.8 Å². The quantitative estimate of drug-likeness (QED) is 0.473. The minimum atomic E-state index is -1.37. The van der Waals surface area contributed by atoms with Crippen LogP contribution >= 0.6 is 0 Å². The molecule has 3 aliphatic rings. The van der Waals surface area contributed by atoms with E-state index < -0.39 is 67.5 Å². The number of ether oxygens (including phenoxy) is 5. The van der Waals surface area contributed by atoms with Crippen molar-refractivity contribution in [1.29, 1.82) is 0 Å². The second kappa shape index (κ2) is 7.71. The fourth-order valence-corrected chi connectivity index (χ4v) is 3.59. The molecule has 3 fully saturated rings. The summed E-state index contributed by atoms with van der Waals surface area (Å²) in [6.45, 7) is 5.43. The molecule has 0 radical (unpaired) electrons. The van der Waals surface area contributed by atoms with Crippen molar-refractivity contribution in [2.24, 2.45) is 0 Å². The highest BCUT2D eigenvalue weighted by Gasteiger charge is 2.51. The van der Waals surface area contributed by atoms with Gasteiger partial charge >= 0.3 is 0 Å². The Morgan fingerprint density at radius 1 is 0.920 bits per heavy atom. The topological polar surface area (TPSA) is 127 Å². The molecule has 0 aliphatic carbocycles. The maximum absolute atomic E-state index is 10.4. The fourth-order valence-electron chi connectivity index (χ4n) is 3.59. The molecular weight excluding hydrogens is 336 g/mol. The van der Waals surface area contributed by atoms with Gasteiger partial charge in [0, 0.05) is 0 Å². The summed E-state index contributed by atoms with van der Waals surface area (Å²) in [5.74, 6) is 0. The first-order valence-corrected chi connectivity index (χ1v) is 8.79. The molecule has 3 heterocycles. The van der Waals surface area contributed by atoms with Gasteiger partial charge in [-0.25, -0.2) is 0 Å². The average Bonchev–Trinajstić information content (AvgIpc) is 2.60. The number of hydrogen-bond acceptors (Lipinski definition) is 9. The highest BCUT2D eigenvalue weighted by Crippen LogP contribution is 2.32. The molecule has 0 aromatic carbocycles. The van der Waals surface area contributed by atoms with Gasteiger partial charge in [0.2, 0.25) is 0 Å². The van der Waals surface area contributed by atoms with Gasteiger partial charge in [-0.05, 0) is 20.3 Å². The summed E-state index contributed by atoms with van der Waals surface area (Å²) in [6, 6.07) is 0. The molecule has 25 heavy (non-hydrogen) atoms. The van der Waals surface area contributed by atoms with Crippen molar-refractivity contribution >= 4 is 0 Å². The molecule has 5 unspecified atom stereocenters. The number of aliphatic hydroxyl groups is 4. The third kappa shape index (κ3) is 3.71. The molecule has 9 nitrogen and oxygen atoms in total. The predicted molar refractivity (Wildman–Crippen MR) is 82.5 cm³/mol. The Kier molecular flexibility index (Phi) is 5.98. The highest BCUT2D eigenvalue weighted by atomic mass is 16.8. The van der Waals surface area contributed by atoms with Crippen molar-refractivity contribution in [1.82, 2.24) is 0 Å². The van der Waals surface area contributed by atoms with Crippen LogP contribution in [0.1, 0.15) is 27.2 Å². The zero-order valence-electron chi connectivity index (χ0n) is 14.6. The molecule has 0 aromatic heterocycles. The molecule has 3 rings (SSSR count). The summed E-state index contributed by atoms with van der Waals surface area (Å²) < 4.78 is 27.9. The molecule has 0 aromatic rings. The molecule has 0 spiro atoms. The third-order valence-corrected chi connectivity index (χ3v) is 5.10. The van der Waals surface area contributed by atoms with Crippen LogP contribution in [0.2, 0.25) is 0 Å². The lowest BCUT2D eigenvalue weighted by Crippen LogP contribution is -2.65. The van der Waals surface area contributed by atoms with E-state index in [-0.39, 0.29) is 6.61 Å². The zero-order valence-corrected chi connectivity index (χ0v) is 14.6. The van der Waals surface area contributed by atoms with Crippen molar-refractivity contribution in [3.8, 4) is 0 Å². The second-order valence-corrected chi connectivity index (χ2v) is 6.90. The first kappa shape index (κ1) is 19.4. The van der Waals surface area contributed by atoms with Crippen LogP contribution in [0.4, 0.5) is 0 Å². The first-order chi connectivity index (χ1) is 11.8. The summed E-state index contributed by atoms with van der Waals surface area (Å²) in [5, 5.41) is 41.1. The Morgan fingerprint density at radius 2 is 1.64 bits per heavy atom. The molecule has 11 atom stereocenters. The lowest BCUT2D eigenvalue weighted by Gasteiger charge is -2.48. The normalized spacial score (nSPS) is 54.1. The van der Waals surface area contributed by atoms with E-state index in [9.17, 15) is 20.4 Å². The molecule has 146 valence electrons. The molecule has 4 N–H and O–H groups in total. The number of aliphatic hydroxyl groups excluding tert-OH is 4. The SMILES string of the molecule is CCC1O[C@@H](C)C(O)[C@@H](O)[C@H]1O[C@@H]1OC2COC(C)O[C@@H]2[C@H](O)C1O. The Bertz CT molecular complexity index is 445. The molecule has 9 heteroatoms. The predicted octanol–water partition coefficient (Wildman–Crippen LogP) is -1.50. The summed E-state index contributed by atoms with van der Waals surface area (Å²) in [5.41, 5.74) is 0. The van der Waals surface area contributed by atoms with Crippen LogP contribution in [-0.2, 0) is 23.7 Å². The van der Waals surface area contributed by atoms with Gasteiger partial charge in [0.1, 0.15) is 42.7 Å². The van der Waals surface area contributed by atoms with Gasteiger partial charge in [-0.3, -0.25) is 0 Å². The van der Waals surface area contributed by atoms with Crippen molar-refractivity contribution in [3.63, 3.8) is 0 Å². The zero-order chi connectivity index (χ0) is 18.3. The Balaban J connectivity index is 1.71. The second-order valence-electron chi connectivity index (χ2n) is 6.90. The number of hydrogen-bond donors (Lipinski definition) is 4. The summed E-state index contributed by atoms with van der Waals surface area (Å²) in [7, 11) is 0. The summed E-state index contributed by atoms with van der Waals surface area (Å²) in [4.78, 5) is 0. The van der Waals surface area contributed by atoms with E-state index >= 15 is 0 Å². The van der Waals surface area contributed by atoms with E-state index in [1.165, 1.54) is 0 Å². The van der Waals surface area contributed by atoms with Gasteiger partial charge in [0.15, 0.2) is 12.6 Å². The monoisotopic (exact) mass is 364 g/mol. The van der Waals surface area contributed by atoms with E-state index in [4.69, 9.17) is 23.7 Å². The number of fused-ring (bicyclic) bond motifs is 1. The van der Waals surface area contributed by atoms with Crippen molar-refractivity contribution in [2.75, 3.05) is 6.61 Å². The molecular formula is C16H28O9. The molecule has 0 bridgehead atoms. The lowest BCUT2D eigenvalue weighted by molar-refractivity contribution is -0.374. The van der Waals surface area contributed by atoms with Gasteiger partial charge in [0.25, 0.3) is 0 Å². The van der Waals surface area contributed by atoms with Gasteiger partial charge in [-0.15, -0.1) is 0 Å². The van der Waals surface area contributed by atoms with Crippen LogP contribution in [0, 0.1) is 0 Å². The number of rotatable bonds is 3. The van der Waals surface area contributed by atoms with E-state index in [0.717, 1.165) is 0 Å². The third-order valence-electron chi connectivity index (χ3n) is 5.10. The molecule has 3 saturated heterocycles. The molecule has 0 saturated carbocycles. The Labute approximate surface area is 146 Å². The molecule has 3 aliphatic heterocycles. The van der Waals surface area contributed by atoms with Gasteiger partial charge < -0.3 is 44.1 Å². The van der Waals surface area contributed by atoms with Crippen LogP contribution < -0.4 is 0 Å². The van der Waals surface area contributed by atoms with E-state index in [1.807, 2.05) is 6.92 Å². The van der Waals surface area contributed by atoms with Gasteiger partial charge in [-0.1, -0.05) is 6.92 Å². The van der Waals surface area contributed by atoms with Crippen LogP contribution in [0.5, 0.6) is 0 Å². The van der Waals surface area contributed by atoms with Crippen molar-refractivity contribution in [3.05, 3.63) is 0 Å². The maximum atomic E-state index is 10.4. The smallest absolute Gasteiger partial charge is 0.187 e. The van der Waals surface area contributed by atoms with Crippen LogP contribution in [0.25, 0.3) is 0 Å². The highest BCUT2D eigenvalue weighted by molar-refractivity contribution is 4.95. The summed E-state index contributed by atoms with van der Waals surface area (Å²) in [6.07, 6.45) is -9.30. The largest absolute Gasteiger partial charge is 0.388 e. The standard InChI is InChI=1S/C16H28O9/c1-4-8-14(11(18)10(17)6(2)22-8)25-16-13(20)12(19)15-9(24-16)5-21-7(3)23-15/h6-20H,4-5H2,1-3H3/t6-,7?,8?,9?,10?,11+,12+,13?,14-,15-,16-/m0/s1. The van der Waals surface area contributed by atoms with E-state index in [0.29, 0.717) is 6.42 Å². The minimum Gasteiger partial charge on any atom is -0.388 e. The lowest BCUT2D eigenvalue weighted by atomic mass is 9.93. The van der Waals surface area contributed by atoms with E-state index in [1.54, 1.807) is 13.8 Å². The van der Waals surface area contributed by atoms with Crippen molar-refractivity contribution < 1.29 is 44.1 Å². The van der Waals surface area contributed by atoms with Crippen LogP contribution in [0.15, 0.2) is 0 Å². The van der Waals surface area contributed by atoms with Crippen molar-refractivity contribution in [2.45, 2.75) is 94.7 Å². The van der Waals surface area contributed by atoms with Crippen LogP contribution in [0.3, 0.4) is 0 Å². The van der Waals surface area contributed by atoms with Gasteiger partial charge in [-0.2, -0.15) is 0 Å². The fraction of sp³-hybridized carbons (Fsp3) is 1.00. The van der Waals surface area contributed by atoms with Crippen LogP contribution in [-0.4, -0.2) is 94.5 Å². The summed E-state index contributed by atoms with van der Waals surface area (Å²) >= 11 is 0. The maximum Gasteiger partial charge on any atom is 0.187 e. The minimum absolute atomic E-state index is 0.191. The average molecular weight is 364 g/mol. The van der Waals surface area contributed by atoms with E-state index in [2.05, 4.69) is 0 Å².